The molecule has 0 amide bonds. The fourth-order valence-electron chi connectivity index (χ4n) is 1.18. The van der Waals surface area contributed by atoms with E-state index in [4.69, 9.17) is 11.6 Å². The van der Waals surface area contributed by atoms with Gasteiger partial charge in [-0.05, 0) is 30.8 Å². The van der Waals surface area contributed by atoms with Crippen LogP contribution in [0.4, 0.5) is 17.6 Å². The Bertz CT molecular complexity index is 433. The van der Waals surface area contributed by atoms with Gasteiger partial charge in [0.05, 0.1) is 0 Å². The van der Waals surface area contributed by atoms with Crippen molar-refractivity contribution in [1.29, 1.82) is 0 Å². The normalized spacial score (nSPS) is 13.5. The second kappa shape index (κ2) is 5.27. The molecule has 0 aliphatic heterocycles. The number of carbonyl (C=O) groups is 1. The van der Waals surface area contributed by atoms with Gasteiger partial charge in [0.15, 0.2) is 5.78 Å². The third-order valence-electron chi connectivity index (χ3n) is 1.85. The molecule has 0 aromatic heterocycles. The number of rotatable bonds is 3. The molecule has 94 valence electrons. The van der Waals surface area contributed by atoms with Crippen molar-refractivity contribution in [2.75, 3.05) is 0 Å². The molecule has 0 saturated heterocycles. The van der Waals surface area contributed by atoms with Gasteiger partial charge < -0.3 is 0 Å². The summed E-state index contributed by atoms with van der Waals surface area (Å²) >= 11 is 5.12. The van der Waals surface area contributed by atoms with Gasteiger partial charge in [0.2, 0.25) is 0 Å². The monoisotopic (exact) mass is 286 g/mol. The van der Waals surface area contributed by atoms with Gasteiger partial charge in [0, 0.05) is 10.5 Å². The Morgan fingerprint density at radius 2 is 2.00 bits per heavy atom. The van der Waals surface area contributed by atoms with E-state index in [0.717, 1.165) is 25.1 Å². The van der Waals surface area contributed by atoms with E-state index in [0.29, 0.717) is 0 Å². The molecule has 0 heterocycles. The van der Waals surface area contributed by atoms with Gasteiger partial charge in [-0.15, -0.1) is 11.6 Å². The minimum Gasteiger partial charge on any atom is -0.298 e. The molecule has 1 aromatic rings. The van der Waals surface area contributed by atoms with Crippen LogP contribution in [0.25, 0.3) is 0 Å². The molecule has 0 radical (unpaired) electrons. The zero-order valence-electron chi connectivity index (χ0n) is 8.52. The quantitative estimate of drug-likeness (QED) is 0.468. The second-order valence-electron chi connectivity index (χ2n) is 3.17. The van der Waals surface area contributed by atoms with Crippen molar-refractivity contribution in [3.63, 3.8) is 0 Å². The number of benzene rings is 1. The van der Waals surface area contributed by atoms with Crippen molar-refractivity contribution in [2.45, 2.75) is 22.7 Å². The molecular formula is C10H7ClF4OS. The highest BCUT2D eigenvalue weighted by atomic mass is 35.5. The first-order chi connectivity index (χ1) is 7.72. The summed E-state index contributed by atoms with van der Waals surface area (Å²) in [7, 11) is 0. The largest absolute Gasteiger partial charge is 0.446 e. The molecule has 0 spiro atoms. The van der Waals surface area contributed by atoms with E-state index >= 15 is 0 Å². The number of hydrogen-bond donors (Lipinski definition) is 0. The maximum atomic E-state index is 13.4. The van der Waals surface area contributed by atoms with Gasteiger partial charge in [-0.25, -0.2) is 4.39 Å². The Labute approximate surface area is 104 Å². The van der Waals surface area contributed by atoms with Crippen LogP contribution in [0.2, 0.25) is 0 Å². The topological polar surface area (TPSA) is 17.1 Å². The number of alkyl halides is 4. The third kappa shape index (κ3) is 3.89. The number of carbonyl (C=O) groups excluding carboxylic acids is 1. The fraction of sp³-hybridized carbons (Fsp3) is 0.300. The second-order valence-corrected chi connectivity index (χ2v) is 4.72. The summed E-state index contributed by atoms with van der Waals surface area (Å²) in [5.41, 5.74) is -4.99. The van der Waals surface area contributed by atoms with Gasteiger partial charge in [0.1, 0.15) is 11.2 Å². The van der Waals surface area contributed by atoms with Crippen LogP contribution in [-0.2, 0) is 4.79 Å². The number of Topliss-reactive ketones (excluding diaryl/α,β-unsaturated/α-hetero) is 1. The molecule has 17 heavy (non-hydrogen) atoms. The zero-order chi connectivity index (χ0) is 13.2. The smallest absolute Gasteiger partial charge is 0.298 e. The molecule has 1 atom stereocenters. The van der Waals surface area contributed by atoms with E-state index in [1.54, 1.807) is 0 Å². The van der Waals surface area contributed by atoms with Crippen molar-refractivity contribution in [1.82, 2.24) is 0 Å². The Morgan fingerprint density at radius 1 is 1.41 bits per heavy atom. The van der Waals surface area contributed by atoms with Crippen LogP contribution in [0.5, 0.6) is 0 Å². The Balaban J connectivity index is 3.22. The highest BCUT2D eigenvalue weighted by Crippen LogP contribution is 2.42. The van der Waals surface area contributed by atoms with Crippen LogP contribution in [0, 0.1) is 5.82 Å². The van der Waals surface area contributed by atoms with Gasteiger partial charge in [0.25, 0.3) is 0 Å². The maximum absolute atomic E-state index is 13.4. The number of hydrogen-bond acceptors (Lipinski definition) is 2. The van der Waals surface area contributed by atoms with Crippen molar-refractivity contribution < 1.29 is 22.4 Å². The summed E-state index contributed by atoms with van der Waals surface area (Å²) < 4.78 is 50.1. The predicted molar refractivity (Wildman–Crippen MR) is 57.6 cm³/mol. The van der Waals surface area contributed by atoms with E-state index in [-0.39, 0.29) is 0 Å². The number of thioether (sulfide) groups is 1. The summed E-state index contributed by atoms with van der Waals surface area (Å²) in [6, 6.07) is 3.18. The standard InChI is InChI=1S/C10H7ClF4OS/c1-5(16)9(11)8-6(12)3-2-4-7(8)17-10(13,14)15/h2-4,9H,1H3. The lowest BCUT2D eigenvalue weighted by atomic mass is 10.1. The minimum atomic E-state index is -4.56. The minimum absolute atomic E-state index is 0.396. The molecule has 0 bridgehead atoms. The molecule has 0 aliphatic carbocycles. The van der Waals surface area contributed by atoms with Crippen molar-refractivity contribution >= 4 is 29.1 Å². The molecule has 0 aliphatic rings. The summed E-state index contributed by atoms with van der Waals surface area (Å²) in [5.74, 6) is -1.53. The van der Waals surface area contributed by atoms with Crippen LogP contribution in [0.1, 0.15) is 17.9 Å². The fourth-order valence-corrected chi connectivity index (χ4v) is 2.19. The highest BCUT2D eigenvalue weighted by molar-refractivity contribution is 8.00. The predicted octanol–water partition coefficient (Wildman–Crippen LogP) is 4.31. The third-order valence-corrected chi connectivity index (χ3v) is 3.18. The number of ketones is 1. The lowest BCUT2D eigenvalue weighted by molar-refractivity contribution is -0.116. The van der Waals surface area contributed by atoms with Crippen LogP contribution in [0.15, 0.2) is 23.1 Å². The van der Waals surface area contributed by atoms with Gasteiger partial charge >= 0.3 is 5.51 Å². The Morgan fingerprint density at radius 3 is 2.47 bits per heavy atom. The first-order valence-electron chi connectivity index (χ1n) is 4.41. The molecule has 0 saturated carbocycles. The van der Waals surface area contributed by atoms with Crippen LogP contribution in [-0.4, -0.2) is 11.3 Å². The molecule has 1 unspecified atom stereocenters. The summed E-state index contributed by atoms with van der Waals surface area (Å²) in [6.45, 7) is 1.09. The van der Waals surface area contributed by atoms with Crippen molar-refractivity contribution in [3.05, 3.63) is 29.6 Å². The average Bonchev–Trinajstić information content (AvgIpc) is 2.14. The molecule has 0 N–H and O–H groups in total. The van der Waals surface area contributed by atoms with Crippen molar-refractivity contribution in [2.24, 2.45) is 0 Å². The summed E-state index contributed by atoms with van der Waals surface area (Å²) in [5, 5.41) is -1.42. The first-order valence-corrected chi connectivity index (χ1v) is 5.66. The van der Waals surface area contributed by atoms with Crippen LogP contribution < -0.4 is 0 Å². The summed E-state index contributed by atoms with van der Waals surface area (Å²) in [6.07, 6.45) is 0. The Kier molecular flexibility index (Phi) is 4.43. The van der Waals surface area contributed by atoms with Gasteiger partial charge in [-0.3, -0.25) is 4.79 Å². The van der Waals surface area contributed by atoms with E-state index in [1.165, 1.54) is 0 Å². The molecule has 1 rings (SSSR count). The number of halogens is 5. The van der Waals surface area contributed by atoms with E-state index in [2.05, 4.69) is 0 Å². The first kappa shape index (κ1) is 14.3. The van der Waals surface area contributed by atoms with E-state index in [9.17, 15) is 22.4 Å². The molecule has 7 heteroatoms. The Hall–Kier alpha value is -0.750. The summed E-state index contributed by atoms with van der Waals surface area (Å²) in [4.78, 5) is 10.6. The maximum Gasteiger partial charge on any atom is 0.446 e. The van der Waals surface area contributed by atoms with Gasteiger partial charge in [-0.2, -0.15) is 13.2 Å². The lowest BCUT2D eigenvalue weighted by Crippen LogP contribution is -2.08. The highest BCUT2D eigenvalue weighted by Gasteiger charge is 2.33. The van der Waals surface area contributed by atoms with Crippen LogP contribution >= 0.6 is 23.4 Å². The zero-order valence-corrected chi connectivity index (χ0v) is 10.1. The van der Waals surface area contributed by atoms with E-state index in [1.807, 2.05) is 0 Å². The van der Waals surface area contributed by atoms with Gasteiger partial charge in [-0.1, -0.05) is 6.07 Å². The molecule has 0 fully saturated rings. The molecular weight excluding hydrogens is 280 g/mol. The lowest BCUT2D eigenvalue weighted by Gasteiger charge is -2.14. The van der Waals surface area contributed by atoms with E-state index < -0.39 is 44.7 Å². The molecule has 1 nitrogen and oxygen atoms in total. The van der Waals surface area contributed by atoms with Crippen molar-refractivity contribution in [3.8, 4) is 0 Å². The average molecular weight is 287 g/mol. The SMILES string of the molecule is CC(=O)C(Cl)c1c(F)cccc1SC(F)(F)F. The molecule has 1 aromatic carbocycles. The van der Waals surface area contributed by atoms with Crippen LogP contribution in [0.3, 0.4) is 0 Å².